The van der Waals surface area contributed by atoms with Crippen molar-refractivity contribution in [1.29, 1.82) is 0 Å². The molecule has 0 amide bonds. The smallest absolute Gasteiger partial charge is 0.462 e. The van der Waals surface area contributed by atoms with Crippen LogP contribution in [0.15, 0.2) is 60.8 Å². The zero-order chi connectivity index (χ0) is 43.2. The summed E-state index contributed by atoms with van der Waals surface area (Å²) in [6, 6.07) is 0. The van der Waals surface area contributed by atoms with Gasteiger partial charge in [0.1, 0.15) is 12.7 Å². The number of rotatable bonds is 39. The number of allylic oxidation sites excluding steroid dienone is 9. The van der Waals surface area contributed by atoms with Gasteiger partial charge in [-0.1, -0.05) is 126 Å². The number of ether oxygens (including phenoxy) is 2. The van der Waals surface area contributed by atoms with Crippen molar-refractivity contribution >= 4 is 27.6 Å². The first kappa shape index (κ1) is 55.8. The fourth-order valence-corrected chi connectivity index (χ4v) is 6.33. The molecule has 336 valence electrons. The van der Waals surface area contributed by atoms with Crippen molar-refractivity contribution < 1.29 is 66.7 Å². The van der Waals surface area contributed by atoms with E-state index in [4.69, 9.17) is 23.8 Å². The molecular weight excluding hydrogens is 790 g/mol. The molecule has 0 aliphatic rings. The molecule has 0 radical (unpaired) electrons. The number of phosphoric acid groups is 2. The number of carbonyl (C=O) groups is 2. The molecular formula is C42H74O14P2. The lowest BCUT2D eigenvalue weighted by Gasteiger charge is -2.20. The summed E-state index contributed by atoms with van der Waals surface area (Å²) < 4.78 is 47.6. The molecule has 0 aliphatic carbocycles. The zero-order valence-electron chi connectivity index (χ0n) is 35.0. The van der Waals surface area contributed by atoms with E-state index < -0.39 is 66.2 Å². The summed E-state index contributed by atoms with van der Waals surface area (Å²) in [6.07, 6.45) is 35.6. The van der Waals surface area contributed by atoms with E-state index in [1.165, 1.54) is 25.7 Å². The molecule has 14 nitrogen and oxygen atoms in total. The van der Waals surface area contributed by atoms with Gasteiger partial charge >= 0.3 is 27.6 Å². The highest BCUT2D eigenvalue weighted by Crippen LogP contribution is 2.43. The Balaban J connectivity index is 4.69. The van der Waals surface area contributed by atoms with Crippen molar-refractivity contribution in [3.63, 3.8) is 0 Å². The third-order valence-corrected chi connectivity index (χ3v) is 9.88. The van der Waals surface area contributed by atoms with Crippen molar-refractivity contribution in [3.05, 3.63) is 60.8 Å². The molecule has 0 heterocycles. The molecule has 5 N–H and O–H groups in total. The minimum absolute atomic E-state index is 0.0350. The average molecular weight is 865 g/mol. The lowest BCUT2D eigenvalue weighted by atomic mass is 10.1. The second-order valence-corrected chi connectivity index (χ2v) is 16.8. The van der Waals surface area contributed by atoms with Gasteiger partial charge in [0, 0.05) is 12.8 Å². The van der Waals surface area contributed by atoms with Gasteiger partial charge in [0.2, 0.25) is 0 Å². The normalized spacial score (nSPS) is 15.2. The van der Waals surface area contributed by atoms with E-state index >= 15 is 0 Å². The van der Waals surface area contributed by atoms with Crippen molar-refractivity contribution in [2.45, 2.75) is 167 Å². The molecule has 58 heavy (non-hydrogen) atoms. The van der Waals surface area contributed by atoms with Crippen molar-refractivity contribution in [2.75, 3.05) is 26.4 Å². The maximum absolute atomic E-state index is 12.6. The highest BCUT2D eigenvalue weighted by molar-refractivity contribution is 7.47. The van der Waals surface area contributed by atoms with Crippen LogP contribution in [0.1, 0.15) is 149 Å². The van der Waals surface area contributed by atoms with Crippen LogP contribution in [0.5, 0.6) is 0 Å². The largest absolute Gasteiger partial charge is 0.472 e. The predicted octanol–water partition coefficient (Wildman–Crippen LogP) is 9.42. The minimum atomic E-state index is -4.87. The monoisotopic (exact) mass is 864 g/mol. The van der Waals surface area contributed by atoms with Crippen molar-refractivity contribution in [1.82, 2.24) is 0 Å². The van der Waals surface area contributed by atoms with Gasteiger partial charge in [-0.15, -0.1) is 0 Å². The maximum Gasteiger partial charge on any atom is 0.472 e. The molecule has 0 saturated heterocycles. The Morgan fingerprint density at radius 2 is 1.05 bits per heavy atom. The van der Waals surface area contributed by atoms with E-state index in [1.54, 1.807) is 0 Å². The molecule has 1 unspecified atom stereocenters. The van der Waals surface area contributed by atoms with Crippen molar-refractivity contribution in [2.24, 2.45) is 0 Å². The van der Waals surface area contributed by atoms with Crippen LogP contribution >= 0.6 is 15.6 Å². The Hall–Kier alpha value is -2.22. The molecule has 0 spiro atoms. The molecule has 0 aliphatic heterocycles. The number of esters is 2. The van der Waals surface area contributed by atoms with Crippen LogP contribution in [0.25, 0.3) is 0 Å². The first-order valence-electron chi connectivity index (χ1n) is 21.1. The van der Waals surface area contributed by atoms with Gasteiger partial charge in [0.25, 0.3) is 0 Å². The highest BCUT2D eigenvalue weighted by Gasteiger charge is 2.28. The number of hydrogen-bond acceptors (Lipinski definition) is 11. The van der Waals surface area contributed by atoms with Crippen LogP contribution in [0, 0.1) is 0 Å². The van der Waals surface area contributed by atoms with Gasteiger partial charge in [0.15, 0.2) is 6.10 Å². The highest BCUT2D eigenvalue weighted by atomic mass is 31.2. The van der Waals surface area contributed by atoms with E-state index in [1.807, 2.05) is 30.4 Å². The lowest BCUT2D eigenvalue weighted by molar-refractivity contribution is -0.161. The Labute approximate surface area is 347 Å². The Bertz CT molecular complexity index is 1280. The molecule has 16 heteroatoms. The summed E-state index contributed by atoms with van der Waals surface area (Å²) in [5.41, 5.74) is 0. The van der Waals surface area contributed by atoms with Crippen LogP contribution in [0.4, 0.5) is 0 Å². The summed E-state index contributed by atoms with van der Waals surface area (Å²) in [5, 5.41) is 19.5. The van der Waals surface area contributed by atoms with Gasteiger partial charge in [-0.25, -0.2) is 9.13 Å². The third-order valence-electron chi connectivity index (χ3n) is 8.44. The summed E-state index contributed by atoms with van der Waals surface area (Å²) in [5.74, 6) is -1.13. The topological polar surface area (TPSA) is 216 Å². The molecule has 0 saturated carbocycles. The number of carbonyl (C=O) groups excluding carboxylic acids is 2. The summed E-state index contributed by atoms with van der Waals surface area (Å²) in [4.78, 5) is 52.6. The second kappa shape index (κ2) is 37.8. The van der Waals surface area contributed by atoms with E-state index in [9.17, 15) is 33.8 Å². The fourth-order valence-electron chi connectivity index (χ4n) is 5.18. The lowest BCUT2D eigenvalue weighted by Crippen LogP contribution is -2.29. The number of unbranched alkanes of at least 4 members (excludes halogenated alkanes) is 11. The van der Waals surface area contributed by atoms with Crippen LogP contribution in [-0.4, -0.2) is 81.6 Å². The number of hydrogen-bond donors (Lipinski definition) is 5. The zero-order valence-corrected chi connectivity index (χ0v) is 36.8. The maximum atomic E-state index is 12.6. The van der Waals surface area contributed by atoms with Gasteiger partial charge in [-0.3, -0.25) is 23.2 Å². The minimum Gasteiger partial charge on any atom is -0.462 e. The van der Waals surface area contributed by atoms with E-state index in [-0.39, 0.29) is 18.9 Å². The third kappa shape index (κ3) is 40.6. The van der Waals surface area contributed by atoms with Crippen LogP contribution in [0.3, 0.4) is 0 Å². The number of phosphoric ester groups is 2. The Morgan fingerprint density at radius 1 is 0.552 bits per heavy atom. The van der Waals surface area contributed by atoms with Crippen LogP contribution in [0.2, 0.25) is 0 Å². The molecule has 4 atom stereocenters. The second-order valence-electron chi connectivity index (χ2n) is 14.1. The van der Waals surface area contributed by atoms with E-state index in [0.717, 1.165) is 77.0 Å². The molecule has 0 aromatic heterocycles. The number of aliphatic hydroxyl groups is 2. The first-order valence-corrected chi connectivity index (χ1v) is 24.1. The van der Waals surface area contributed by atoms with E-state index in [2.05, 4.69) is 53.3 Å². The fraction of sp³-hybridized carbons (Fsp3) is 0.714. The molecule has 0 rings (SSSR count). The SMILES string of the molecule is CCCCCC/C=C\CCCCCCCC(=O)OC[C@H](COP(=O)(O)OC[C@@H](O)COP(=O)(O)O)OC(=O)CCC/C=C\C/C=C\C/C=C\C/C=C\[C@H](O)CCCC. The Kier molecular flexibility index (Phi) is 36.3. The average Bonchev–Trinajstić information content (AvgIpc) is 3.18. The standard InChI is InChI=1S/C42H74O14P2/c1-3-5-7-8-9-10-11-12-16-19-22-25-28-32-41(45)52-36-40(37-55-58(50,51)54-35-39(44)34-53-57(47,48)49)56-42(46)33-29-26-23-20-17-14-13-15-18-21-24-27-31-38(43)30-6-4-2/h10-11,13-14,18,20-21,23,27,31,38-40,43-44H,3-9,12,15-17,19,22,24-26,28-30,32-37H2,1-2H3,(H,50,51)(H2,47,48,49)/b11-10-,14-13-,21-18-,23-20-,31-27-/t38-,39+,40-/m1/s1. The summed E-state index contributed by atoms with van der Waals surface area (Å²) in [6.45, 7) is 1.49. The molecule has 0 aromatic rings. The quantitative estimate of drug-likeness (QED) is 0.0168. The van der Waals surface area contributed by atoms with Gasteiger partial charge in [-0.2, -0.15) is 0 Å². The van der Waals surface area contributed by atoms with Crippen molar-refractivity contribution in [3.8, 4) is 0 Å². The summed E-state index contributed by atoms with van der Waals surface area (Å²) >= 11 is 0. The first-order chi connectivity index (χ1) is 27.8. The van der Waals surface area contributed by atoms with Gasteiger partial charge in [0.05, 0.1) is 25.9 Å². The Morgan fingerprint density at radius 3 is 1.69 bits per heavy atom. The summed E-state index contributed by atoms with van der Waals surface area (Å²) in [7, 11) is -9.71. The number of aliphatic hydroxyl groups excluding tert-OH is 2. The van der Waals surface area contributed by atoms with Gasteiger partial charge < -0.3 is 34.4 Å². The molecule has 0 bridgehead atoms. The molecule has 0 fully saturated rings. The van der Waals surface area contributed by atoms with Crippen LogP contribution < -0.4 is 0 Å². The predicted molar refractivity (Wildman–Crippen MR) is 227 cm³/mol. The molecule has 0 aromatic carbocycles. The van der Waals surface area contributed by atoms with E-state index in [0.29, 0.717) is 19.3 Å². The van der Waals surface area contributed by atoms with Crippen LogP contribution in [-0.2, 0) is 41.8 Å². The van der Waals surface area contributed by atoms with Gasteiger partial charge in [-0.05, 0) is 70.6 Å².